The molecule has 138 valence electrons. The number of alkyl halides is 1. The van der Waals surface area contributed by atoms with Gasteiger partial charge in [0.15, 0.2) is 0 Å². The lowest BCUT2D eigenvalue weighted by Crippen LogP contribution is -2.52. The molecule has 0 radical (unpaired) electrons. The Morgan fingerprint density at radius 2 is 1.50 bits per heavy atom. The van der Waals surface area contributed by atoms with Crippen molar-refractivity contribution in [2.45, 2.75) is 82.0 Å². The van der Waals surface area contributed by atoms with Crippen molar-refractivity contribution in [3.8, 4) is 0 Å². The van der Waals surface area contributed by atoms with E-state index in [4.69, 9.17) is 11.6 Å². The molecule has 2 nitrogen and oxygen atoms in total. The molecule has 0 spiro atoms. The second-order valence-electron chi connectivity index (χ2n) is 9.24. The molecule has 0 bridgehead atoms. The molecule has 3 saturated carbocycles. The van der Waals surface area contributed by atoms with E-state index in [0.29, 0.717) is 5.38 Å². The zero-order chi connectivity index (χ0) is 16.4. The minimum atomic E-state index is 0.437. The Bertz CT molecular complexity index is 393. The van der Waals surface area contributed by atoms with Crippen LogP contribution in [0.1, 0.15) is 70.6 Å². The van der Waals surface area contributed by atoms with Crippen molar-refractivity contribution in [3.05, 3.63) is 0 Å². The normalized spacial score (nSPS) is 42.6. The van der Waals surface area contributed by atoms with Crippen molar-refractivity contribution in [1.29, 1.82) is 0 Å². The van der Waals surface area contributed by atoms with Gasteiger partial charge in [-0.05, 0) is 56.3 Å². The van der Waals surface area contributed by atoms with Crippen LogP contribution in [0.15, 0.2) is 0 Å². The number of halogens is 1. The molecule has 0 aromatic rings. The number of fused-ring (bicyclic) bond motifs is 1. The highest BCUT2D eigenvalue weighted by atomic mass is 35.5. The summed E-state index contributed by atoms with van der Waals surface area (Å²) in [4.78, 5) is 5.54. The van der Waals surface area contributed by atoms with Gasteiger partial charge >= 0.3 is 0 Å². The topological polar surface area (TPSA) is 6.48 Å². The van der Waals surface area contributed by atoms with Gasteiger partial charge in [0.25, 0.3) is 0 Å². The van der Waals surface area contributed by atoms with E-state index in [1.165, 1.54) is 90.5 Å². The summed E-state index contributed by atoms with van der Waals surface area (Å²) < 4.78 is 0. The summed E-state index contributed by atoms with van der Waals surface area (Å²) in [5.74, 6) is 3.18. The van der Waals surface area contributed by atoms with Crippen LogP contribution in [0.3, 0.4) is 0 Å². The highest BCUT2D eigenvalue weighted by molar-refractivity contribution is 6.20. The number of piperazine rings is 1. The Morgan fingerprint density at radius 1 is 0.708 bits per heavy atom. The third-order valence-electron chi connectivity index (χ3n) is 7.67. The molecule has 5 unspecified atom stereocenters. The van der Waals surface area contributed by atoms with E-state index in [1.807, 2.05) is 0 Å². The first kappa shape index (κ1) is 17.6. The molecule has 4 aliphatic rings. The van der Waals surface area contributed by atoms with Gasteiger partial charge in [-0.2, -0.15) is 0 Å². The number of hydrogen-bond donors (Lipinski definition) is 0. The summed E-state index contributed by atoms with van der Waals surface area (Å²) in [5.41, 5.74) is 0. The van der Waals surface area contributed by atoms with Crippen LogP contribution in [-0.2, 0) is 0 Å². The number of hydrogen-bond acceptors (Lipinski definition) is 2. The minimum absolute atomic E-state index is 0.437. The molecular formula is C21H37ClN2. The number of nitrogens with zero attached hydrogens (tertiary/aromatic N) is 2. The predicted molar refractivity (Wildman–Crippen MR) is 103 cm³/mol. The van der Waals surface area contributed by atoms with Crippen molar-refractivity contribution in [2.24, 2.45) is 17.8 Å². The monoisotopic (exact) mass is 352 g/mol. The smallest absolute Gasteiger partial charge is 0.0351 e. The fourth-order valence-corrected chi connectivity index (χ4v) is 6.61. The molecule has 4 fully saturated rings. The Labute approximate surface area is 154 Å². The third-order valence-corrected chi connectivity index (χ3v) is 8.07. The Kier molecular flexibility index (Phi) is 6.07. The molecule has 3 aliphatic carbocycles. The Balaban J connectivity index is 1.20. The second kappa shape index (κ2) is 8.27. The van der Waals surface area contributed by atoms with Gasteiger partial charge in [-0.25, -0.2) is 0 Å². The maximum Gasteiger partial charge on any atom is 0.0351 e. The molecule has 0 amide bonds. The molecule has 1 aliphatic heterocycles. The van der Waals surface area contributed by atoms with Crippen molar-refractivity contribution < 1.29 is 0 Å². The predicted octanol–water partition coefficient (Wildman–Crippen LogP) is 4.76. The molecule has 0 N–H and O–H groups in total. The number of rotatable bonds is 3. The van der Waals surface area contributed by atoms with Crippen molar-refractivity contribution >= 4 is 11.6 Å². The summed E-state index contributed by atoms with van der Waals surface area (Å²) in [7, 11) is 0. The van der Waals surface area contributed by atoms with Crippen molar-refractivity contribution in [1.82, 2.24) is 9.80 Å². The van der Waals surface area contributed by atoms with E-state index in [2.05, 4.69) is 9.80 Å². The first-order chi connectivity index (χ1) is 11.8. The van der Waals surface area contributed by atoms with Gasteiger partial charge in [-0.3, -0.25) is 4.90 Å². The van der Waals surface area contributed by atoms with Crippen LogP contribution >= 0.6 is 11.6 Å². The largest absolute Gasteiger partial charge is 0.301 e. The van der Waals surface area contributed by atoms with E-state index in [-0.39, 0.29) is 0 Å². The summed E-state index contributed by atoms with van der Waals surface area (Å²) in [6.45, 7) is 6.56. The molecule has 1 saturated heterocycles. The Morgan fingerprint density at radius 3 is 2.29 bits per heavy atom. The zero-order valence-corrected chi connectivity index (χ0v) is 16.2. The average molecular weight is 353 g/mol. The van der Waals surface area contributed by atoms with Gasteiger partial charge in [-0.1, -0.05) is 32.1 Å². The molecule has 1 heterocycles. The van der Waals surface area contributed by atoms with Crippen LogP contribution in [0.5, 0.6) is 0 Å². The van der Waals surface area contributed by atoms with E-state index < -0.39 is 0 Å². The minimum Gasteiger partial charge on any atom is -0.301 e. The lowest BCUT2D eigenvalue weighted by atomic mass is 9.67. The van der Waals surface area contributed by atoms with Crippen LogP contribution in [0, 0.1) is 17.8 Å². The van der Waals surface area contributed by atoms with Crippen LogP contribution < -0.4 is 0 Å². The fourth-order valence-electron chi connectivity index (χ4n) is 6.25. The maximum atomic E-state index is 6.41. The SMILES string of the molecule is ClC1CCCC(N2CCN(CC3CCC4CCCCC4C3)CC2)C1. The van der Waals surface area contributed by atoms with E-state index in [9.17, 15) is 0 Å². The summed E-state index contributed by atoms with van der Waals surface area (Å²) in [5, 5.41) is 0.437. The van der Waals surface area contributed by atoms with Gasteiger partial charge in [0, 0.05) is 44.1 Å². The molecule has 0 aromatic heterocycles. The summed E-state index contributed by atoms with van der Waals surface area (Å²) in [6.07, 6.45) is 15.9. The molecular weight excluding hydrogens is 316 g/mol. The van der Waals surface area contributed by atoms with Gasteiger partial charge in [0.05, 0.1) is 0 Å². The fraction of sp³-hybridized carbons (Fsp3) is 1.00. The first-order valence-electron chi connectivity index (χ1n) is 10.9. The van der Waals surface area contributed by atoms with Crippen LogP contribution in [0.2, 0.25) is 0 Å². The lowest BCUT2D eigenvalue weighted by molar-refractivity contribution is 0.0530. The van der Waals surface area contributed by atoms with Gasteiger partial charge in [-0.15, -0.1) is 11.6 Å². The third kappa shape index (κ3) is 4.30. The lowest BCUT2D eigenvalue weighted by Gasteiger charge is -2.44. The molecule has 3 heteroatoms. The molecule has 24 heavy (non-hydrogen) atoms. The summed E-state index contributed by atoms with van der Waals surface area (Å²) >= 11 is 6.41. The van der Waals surface area contributed by atoms with Gasteiger partial charge in [0.2, 0.25) is 0 Å². The Hall–Kier alpha value is 0.210. The standard InChI is InChI=1S/C21H37ClN2/c22-20-6-3-7-21(15-20)24-12-10-23(11-13-24)16-17-8-9-18-4-1-2-5-19(18)14-17/h17-21H,1-16H2. The highest BCUT2D eigenvalue weighted by Crippen LogP contribution is 2.42. The molecule has 5 atom stereocenters. The molecule has 0 aromatic carbocycles. The first-order valence-corrected chi connectivity index (χ1v) is 11.3. The quantitative estimate of drug-likeness (QED) is 0.675. The molecule has 4 rings (SSSR count). The summed E-state index contributed by atoms with van der Waals surface area (Å²) in [6, 6.07) is 0.779. The van der Waals surface area contributed by atoms with Crippen LogP contribution in [-0.4, -0.2) is 53.9 Å². The zero-order valence-electron chi connectivity index (χ0n) is 15.5. The maximum absolute atomic E-state index is 6.41. The van der Waals surface area contributed by atoms with E-state index in [0.717, 1.165) is 23.8 Å². The van der Waals surface area contributed by atoms with Gasteiger partial charge in [0.1, 0.15) is 0 Å². The van der Waals surface area contributed by atoms with Crippen LogP contribution in [0.4, 0.5) is 0 Å². The van der Waals surface area contributed by atoms with Crippen LogP contribution in [0.25, 0.3) is 0 Å². The van der Waals surface area contributed by atoms with Crippen molar-refractivity contribution in [2.75, 3.05) is 32.7 Å². The van der Waals surface area contributed by atoms with Crippen molar-refractivity contribution in [3.63, 3.8) is 0 Å². The highest BCUT2D eigenvalue weighted by Gasteiger charge is 2.34. The second-order valence-corrected chi connectivity index (χ2v) is 9.86. The van der Waals surface area contributed by atoms with Gasteiger partial charge < -0.3 is 4.90 Å². The van der Waals surface area contributed by atoms with E-state index >= 15 is 0 Å². The average Bonchev–Trinajstić information content (AvgIpc) is 2.62. The van der Waals surface area contributed by atoms with E-state index in [1.54, 1.807) is 12.8 Å².